The standard InChI is InChI=1S/C17H14F3NO2/c18-17(19,20)14-8-16(23)21-15-6-5-12(7-13(14)15)11-3-1-10(9-22)2-4-11/h1-8,14,21-23H,9H2. The Balaban J connectivity index is 2.04. The van der Waals surface area contributed by atoms with Crippen molar-refractivity contribution < 1.29 is 23.4 Å². The van der Waals surface area contributed by atoms with Gasteiger partial charge in [0.05, 0.1) is 6.61 Å². The Bertz CT molecular complexity index is 751. The number of fused-ring (bicyclic) bond motifs is 1. The number of benzene rings is 2. The van der Waals surface area contributed by atoms with Gasteiger partial charge >= 0.3 is 6.18 Å². The zero-order valence-corrected chi connectivity index (χ0v) is 11.9. The lowest BCUT2D eigenvalue weighted by Gasteiger charge is -2.26. The quantitative estimate of drug-likeness (QED) is 0.772. The number of halogens is 3. The Labute approximate surface area is 130 Å². The van der Waals surface area contributed by atoms with Crippen LogP contribution in [0.15, 0.2) is 54.4 Å². The summed E-state index contributed by atoms with van der Waals surface area (Å²) in [5, 5.41) is 21.0. The monoisotopic (exact) mass is 321 g/mol. The van der Waals surface area contributed by atoms with E-state index in [9.17, 15) is 18.3 Å². The van der Waals surface area contributed by atoms with Gasteiger partial charge in [0, 0.05) is 5.69 Å². The second kappa shape index (κ2) is 5.62. The van der Waals surface area contributed by atoms with Crippen molar-refractivity contribution in [1.29, 1.82) is 0 Å². The number of rotatable bonds is 2. The maximum atomic E-state index is 13.2. The molecule has 0 spiro atoms. The van der Waals surface area contributed by atoms with Gasteiger partial charge in [-0.2, -0.15) is 13.2 Å². The van der Waals surface area contributed by atoms with Crippen LogP contribution in [0.4, 0.5) is 18.9 Å². The second-order valence-corrected chi connectivity index (χ2v) is 5.35. The molecule has 2 aromatic carbocycles. The van der Waals surface area contributed by atoms with Crippen molar-refractivity contribution in [1.82, 2.24) is 0 Å². The predicted molar refractivity (Wildman–Crippen MR) is 80.9 cm³/mol. The molecular formula is C17H14F3NO2. The Morgan fingerprint density at radius 1 is 1.00 bits per heavy atom. The summed E-state index contributed by atoms with van der Waals surface area (Å²) in [6.45, 7) is -0.0887. The van der Waals surface area contributed by atoms with E-state index < -0.39 is 18.0 Å². The number of alkyl halides is 3. The van der Waals surface area contributed by atoms with Crippen molar-refractivity contribution in [2.45, 2.75) is 18.7 Å². The molecule has 0 aromatic heterocycles. The van der Waals surface area contributed by atoms with Crippen LogP contribution < -0.4 is 5.32 Å². The van der Waals surface area contributed by atoms with Gasteiger partial charge in [-0.25, -0.2) is 0 Å². The topological polar surface area (TPSA) is 52.5 Å². The fourth-order valence-corrected chi connectivity index (χ4v) is 2.61. The highest BCUT2D eigenvalue weighted by atomic mass is 19.4. The first kappa shape index (κ1) is 15.4. The lowest BCUT2D eigenvalue weighted by Crippen LogP contribution is -2.24. The van der Waals surface area contributed by atoms with Crippen molar-refractivity contribution in [3.8, 4) is 11.1 Å². The molecule has 0 saturated carbocycles. The van der Waals surface area contributed by atoms with E-state index in [-0.39, 0.29) is 17.9 Å². The largest absolute Gasteiger partial charge is 0.495 e. The molecule has 0 radical (unpaired) electrons. The number of hydrogen-bond donors (Lipinski definition) is 3. The van der Waals surface area contributed by atoms with Gasteiger partial charge in [0.25, 0.3) is 0 Å². The first-order valence-corrected chi connectivity index (χ1v) is 6.97. The normalized spacial score (nSPS) is 17.2. The molecule has 1 aliphatic rings. The third-order valence-electron chi connectivity index (χ3n) is 3.80. The Kier molecular flexibility index (Phi) is 3.77. The van der Waals surface area contributed by atoms with Gasteiger partial charge in [-0.3, -0.25) is 0 Å². The summed E-state index contributed by atoms with van der Waals surface area (Å²) in [7, 11) is 0. The summed E-state index contributed by atoms with van der Waals surface area (Å²) in [6, 6.07) is 11.6. The minimum atomic E-state index is -4.48. The van der Waals surface area contributed by atoms with Crippen LogP contribution in [0.5, 0.6) is 0 Å². The van der Waals surface area contributed by atoms with Crippen LogP contribution in [0.2, 0.25) is 0 Å². The SMILES string of the molecule is OCc1ccc(-c2ccc3c(c2)C(C(F)(F)F)C=C(O)N3)cc1. The highest BCUT2D eigenvalue weighted by molar-refractivity contribution is 5.71. The van der Waals surface area contributed by atoms with Crippen molar-refractivity contribution in [3.63, 3.8) is 0 Å². The van der Waals surface area contributed by atoms with E-state index in [1.54, 1.807) is 30.3 Å². The second-order valence-electron chi connectivity index (χ2n) is 5.35. The number of nitrogens with one attached hydrogen (secondary N) is 1. The highest BCUT2D eigenvalue weighted by Gasteiger charge is 2.42. The van der Waals surface area contributed by atoms with Crippen molar-refractivity contribution in [3.05, 3.63) is 65.6 Å². The fraction of sp³-hybridized carbons (Fsp3) is 0.176. The summed E-state index contributed by atoms with van der Waals surface area (Å²) in [4.78, 5) is 0. The molecule has 3 N–H and O–H groups in total. The number of hydrogen-bond acceptors (Lipinski definition) is 3. The first-order chi connectivity index (χ1) is 10.9. The number of aliphatic hydroxyl groups is 2. The summed E-state index contributed by atoms with van der Waals surface area (Å²) in [6.07, 6.45) is -3.72. The van der Waals surface area contributed by atoms with E-state index >= 15 is 0 Å². The molecule has 0 fully saturated rings. The van der Waals surface area contributed by atoms with E-state index in [1.165, 1.54) is 12.1 Å². The smallest absolute Gasteiger partial charge is 0.399 e. The average molecular weight is 321 g/mol. The maximum absolute atomic E-state index is 13.2. The van der Waals surface area contributed by atoms with Crippen LogP contribution in [0.3, 0.4) is 0 Å². The van der Waals surface area contributed by atoms with Crippen LogP contribution in [-0.4, -0.2) is 16.4 Å². The van der Waals surface area contributed by atoms with Gasteiger partial charge in [-0.15, -0.1) is 0 Å². The van der Waals surface area contributed by atoms with E-state index in [1.807, 2.05) is 0 Å². The van der Waals surface area contributed by atoms with E-state index in [0.29, 0.717) is 5.56 Å². The van der Waals surface area contributed by atoms with Gasteiger partial charge < -0.3 is 15.5 Å². The average Bonchev–Trinajstić information content (AvgIpc) is 2.53. The summed E-state index contributed by atoms with van der Waals surface area (Å²) in [5.41, 5.74) is 2.43. The molecule has 2 aromatic rings. The van der Waals surface area contributed by atoms with Crippen LogP contribution in [0.25, 0.3) is 11.1 Å². The molecule has 0 amide bonds. The molecule has 1 heterocycles. The van der Waals surface area contributed by atoms with Gasteiger partial charge in [0.15, 0.2) is 5.88 Å². The van der Waals surface area contributed by atoms with Gasteiger partial charge in [-0.05, 0) is 40.5 Å². The van der Waals surface area contributed by atoms with Gasteiger partial charge in [-0.1, -0.05) is 30.3 Å². The molecule has 1 unspecified atom stereocenters. The number of anilines is 1. The van der Waals surface area contributed by atoms with Crippen molar-refractivity contribution in [2.24, 2.45) is 0 Å². The number of aliphatic hydroxyl groups excluding tert-OH is 2. The summed E-state index contributed by atoms with van der Waals surface area (Å²) in [5.74, 6) is -2.35. The highest BCUT2D eigenvalue weighted by Crippen LogP contribution is 2.43. The third-order valence-corrected chi connectivity index (χ3v) is 3.80. The first-order valence-electron chi connectivity index (χ1n) is 6.97. The molecule has 6 heteroatoms. The van der Waals surface area contributed by atoms with Crippen LogP contribution >= 0.6 is 0 Å². The Morgan fingerprint density at radius 2 is 1.65 bits per heavy atom. The zero-order chi connectivity index (χ0) is 16.6. The maximum Gasteiger partial charge on any atom is 0.399 e. The van der Waals surface area contributed by atoms with Crippen LogP contribution in [-0.2, 0) is 6.61 Å². The molecule has 0 aliphatic carbocycles. The fourth-order valence-electron chi connectivity index (χ4n) is 2.61. The molecule has 1 atom stereocenters. The third kappa shape index (κ3) is 3.03. The van der Waals surface area contributed by atoms with Crippen molar-refractivity contribution in [2.75, 3.05) is 5.32 Å². The predicted octanol–water partition coefficient (Wildman–Crippen LogP) is 4.32. The van der Waals surface area contributed by atoms with E-state index in [2.05, 4.69) is 5.32 Å². The lowest BCUT2D eigenvalue weighted by atomic mass is 9.90. The Morgan fingerprint density at radius 3 is 2.26 bits per heavy atom. The minimum Gasteiger partial charge on any atom is -0.495 e. The molecule has 1 aliphatic heterocycles. The molecule has 3 nitrogen and oxygen atoms in total. The van der Waals surface area contributed by atoms with Gasteiger partial charge in [0.2, 0.25) is 0 Å². The van der Waals surface area contributed by atoms with Crippen molar-refractivity contribution >= 4 is 5.69 Å². The molecular weight excluding hydrogens is 307 g/mol. The van der Waals surface area contributed by atoms with Crippen LogP contribution in [0.1, 0.15) is 17.0 Å². The van der Waals surface area contributed by atoms with E-state index in [4.69, 9.17) is 5.11 Å². The summed E-state index contributed by atoms with van der Waals surface area (Å²) < 4.78 is 39.6. The zero-order valence-electron chi connectivity index (χ0n) is 11.9. The van der Waals surface area contributed by atoms with Gasteiger partial charge in [0.1, 0.15) is 5.92 Å². The molecule has 23 heavy (non-hydrogen) atoms. The van der Waals surface area contributed by atoms with Crippen LogP contribution in [0, 0.1) is 0 Å². The molecule has 120 valence electrons. The number of allylic oxidation sites excluding steroid dienone is 1. The molecule has 0 saturated heterocycles. The summed E-state index contributed by atoms with van der Waals surface area (Å²) >= 11 is 0. The Hall–Kier alpha value is -2.47. The van der Waals surface area contributed by atoms with E-state index in [0.717, 1.165) is 17.2 Å². The molecule has 0 bridgehead atoms. The lowest BCUT2D eigenvalue weighted by molar-refractivity contribution is -0.140. The minimum absolute atomic E-state index is 0.0686. The molecule has 3 rings (SSSR count).